The largest absolute Gasteiger partial charge is 0.497 e. The minimum absolute atomic E-state index is 0.311. The van der Waals surface area contributed by atoms with Crippen LogP contribution in [0.1, 0.15) is 11.5 Å². The van der Waals surface area contributed by atoms with Gasteiger partial charge in [0.1, 0.15) is 11.6 Å². The molecule has 170 valence electrons. The summed E-state index contributed by atoms with van der Waals surface area (Å²) in [5.74, 6) is 2.22. The highest BCUT2D eigenvalue weighted by Gasteiger charge is 2.18. The summed E-state index contributed by atoms with van der Waals surface area (Å²) in [5.41, 5.74) is 2.88. The zero-order valence-electron chi connectivity index (χ0n) is 18.3. The molecule has 3 heterocycles. The molecule has 0 bridgehead atoms. The van der Waals surface area contributed by atoms with Crippen LogP contribution in [0.25, 0.3) is 28.5 Å². The first-order valence-electron chi connectivity index (χ1n) is 10.3. The Morgan fingerprint density at radius 2 is 1.79 bits per heavy atom. The summed E-state index contributed by atoms with van der Waals surface area (Å²) in [6.45, 7) is 1.70. The Hall–Kier alpha value is -4.05. The van der Waals surface area contributed by atoms with Crippen molar-refractivity contribution in [3.63, 3.8) is 0 Å². The summed E-state index contributed by atoms with van der Waals surface area (Å²) in [6, 6.07) is 16.2. The number of nitrogens with zero attached hydrogens (tertiary/aromatic N) is 6. The van der Waals surface area contributed by atoms with Crippen molar-refractivity contribution in [2.24, 2.45) is 0 Å². The van der Waals surface area contributed by atoms with E-state index >= 15 is 0 Å². The van der Waals surface area contributed by atoms with Gasteiger partial charge >= 0.3 is 0 Å². The molecule has 34 heavy (non-hydrogen) atoms. The van der Waals surface area contributed by atoms with Gasteiger partial charge in [-0.25, -0.2) is 4.39 Å². The maximum Gasteiger partial charge on any atom is 0.237 e. The third kappa shape index (κ3) is 4.40. The number of thioether (sulfide) groups is 1. The van der Waals surface area contributed by atoms with Crippen LogP contribution in [0, 0.1) is 12.7 Å². The van der Waals surface area contributed by atoms with Gasteiger partial charge in [0.15, 0.2) is 11.0 Å². The Kier molecular flexibility index (Phi) is 6.05. The van der Waals surface area contributed by atoms with Gasteiger partial charge in [-0.1, -0.05) is 29.1 Å². The highest BCUT2D eigenvalue weighted by molar-refractivity contribution is 7.98. The van der Waals surface area contributed by atoms with E-state index < -0.39 is 0 Å². The van der Waals surface area contributed by atoms with Crippen molar-refractivity contribution in [3.8, 4) is 34.2 Å². The van der Waals surface area contributed by atoms with E-state index in [1.54, 1.807) is 38.6 Å². The second-order valence-electron chi connectivity index (χ2n) is 7.34. The van der Waals surface area contributed by atoms with Gasteiger partial charge in [0.05, 0.1) is 12.9 Å². The number of aromatic nitrogens is 6. The number of hydrogen-bond donors (Lipinski definition) is 0. The van der Waals surface area contributed by atoms with Crippen LogP contribution < -0.4 is 4.74 Å². The molecule has 0 aliphatic heterocycles. The number of rotatable bonds is 7. The van der Waals surface area contributed by atoms with Gasteiger partial charge in [0, 0.05) is 29.2 Å². The fraction of sp³-hybridized carbons (Fsp3) is 0.125. The van der Waals surface area contributed by atoms with E-state index in [-0.39, 0.29) is 5.82 Å². The van der Waals surface area contributed by atoms with E-state index in [1.165, 1.54) is 17.8 Å². The Morgan fingerprint density at radius 1 is 1.00 bits per heavy atom. The molecule has 2 aromatic carbocycles. The topological polar surface area (TPSA) is 91.8 Å². The first-order chi connectivity index (χ1) is 16.6. The van der Waals surface area contributed by atoms with Crippen molar-refractivity contribution in [2.45, 2.75) is 17.8 Å². The molecule has 0 fully saturated rings. The molecule has 0 aliphatic carbocycles. The van der Waals surface area contributed by atoms with Gasteiger partial charge in [-0.15, -0.1) is 10.2 Å². The predicted molar refractivity (Wildman–Crippen MR) is 125 cm³/mol. The van der Waals surface area contributed by atoms with Gasteiger partial charge < -0.3 is 9.26 Å². The predicted octanol–water partition coefficient (Wildman–Crippen LogP) is 5.13. The van der Waals surface area contributed by atoms with E-state index in [2.05, 4.69) is 25.3 Å². The fourth-order valence-electron chi connectivity index (χ4n) is 3.30. The summed E-state index contributed by atoms with van der Waals surface area (Å²) in [6.07, 6.45) is 3.42. The van der Waals surface area contributed by atoms with Gasteiger partial charge in [-0.3, -0.25) is 9.55 Å². The van der Waals surface area contributed by atoms with Crippen molar-refractivity contribution in [1.29, 1.82) is 0 Å². The highest BCUT2D eigenvalue weighted by Crippen LogP contribution is 2.30. The molecule has 8 nitrogen and oxygen atoms in total. The fourth-order valence-corrected chi connectivity index (χ4v) is 4.09. The number of methoxy groups -OCH3 is 1. The van der Waals surface area contributed by atoms with E-state index in [4.69, 9.17) is 9.26 Å². The lowest BCUT2D eigenvalue weighted by Crippen LogP contribution is -2.00. The van der Waals surface area contributed by atoms with E-state index in [0.29, 0.717) is 39.6 Å². The van der Waals surface area contributed by atoms with Crippen LogP contribution in [-0.4, -0.2) is 37.0 Å². The smallest absolute Gasteiger partial charge is 0.237 e. The number of benzene rings is 2. The lowest BCUT2D eigenvalue weighted by Gasteiger charge is -2.10. The summed E-state index contributed by atoms with van der Waals surface area (Å²) < 4.78 is 26.5. The van der Waals surface area contributed by atoms with E-state index in [1.807, 2.05) is 41.0 Å². The molecule has 0 saturated heterocycles. The third-order valence-electron chi connectivity index (χ3n) is 5.13. The van der Waals surface area contributed by atoms with Crippen molar-refractivity contribution in [1.82, 2.24) is 29.9 Å². The van der Waals surface area contributed by atoms with Crippen molar-refractivity contribution >= 4 is 11.8 Å². The standard InChI is InChI=1S/C24H19FN6O2S/c1-15-3-4-17(13-20(15)25)22-27-21(33-30-22)14-34-24-29-28-23(16-9-11-26-12-10-16)31(24)18-5-7-19(32-2)8-6-18/h3-13H,14H2,1-2H3. The molecule has 0 aliphatic rings. The zero-order valence-corrected chi connectivity index (χ0v) is 19.2. The van der Waals surface area contributed by atoms with Gasteiger partial charge in [0.2, 0.25) is 11.7 Å². The maximum absolute atomic E-state index is 13.9. The molecule has 5 aromatic rings. The molecule has 0 saturated carbocycles. The monoisotopic (exact) mass is 474 g/mol. The quantitative estimate of drug-likeness (QED) is 0.300. The molecule has 10 heteroatoms. The van der Waals surface area contributed by atoms with Gasteiger partial charge in [-0.05, 0) is 55.0 Å². The molecule has 0 radical (unpaired) electrons. The van der Waals surface area contributed by atoms with Crippen molar-refractivity contribution < 1.29 is 13.7 Å². The van der Waals surface area contributed by atoms with Crippen molar-refractivity contribution in [3.05, 3.63) is 84.3 Å². The minimum Gasteiger partial charge on any atom is -0.497 e. The SMILES string of the molecule is COc1ccc(-n2c(SCc3nc(-c4ccc(C)c(F)c4)no3)nnc2-c2ccncc2)cc1. The Morgan fingerprint density at radius 3 is 2.53 bits per heavy atom. The average molecular weight is 475 g/mol. The zero-order chi connectivity index (χ0) is 23.5. The summed E-state index contributed by atoms with van der Waals surface area (Å²) in [4.78, 5) is 8.49. The highest BCUT2D eigenvalue weighted by atomic mass is 32.2. The summed E-state index contributed by atoms with van der Waals surface area (Å²) in [5, 5.41) is 13.5. The van der Waals surface area contributed by atoms with Crippen LogP contribution in [0.15, 0.2) is 76.7 Å². The van der Waals surface area contributed by atoms with Crippen LogP contribution in [0.2, 0.25) is 0 Å². The first-order valence-corrected chi connectivity index (χ1v) is 11.3. The number of hydrogen-bond acceptors (Lipinski definition) is 8. The van der Waals surface area contributed by atoms with Crippen LogP contribution in [0.4, 0.5) is 4.39 Å². The molecule has 0 unspecified atom stereocenters. The molecule has 0 atom stereocenters. The normalized spacial score (nSPS) is 11.0. The van der Waals surface area contributed by atoms with Crippen LogP contribution in [0.5, 0.6) is 5.75 Å². The molecule has 0 amide bonds. The van der Waals surface area contributed by atoms with Crippen molar-refractivity contribution in [2.75, 3.05) is 7.11 Å². The molecule has 3 aromatic heterocycles. The van der Waals surface area contributed by atoms with E-state index in [9.17, 15) is 4.39 Å². The summed E-state index contributed by atoms with van der Waals surface area (Å²) in [7, 11) is 1.63. The molecular formula is C24H19FN6O2S. The number of pyridine rings is 1. The number of halogens is 1. The number of ether oxygens (including phenoxy) is 1. The first kappa shape index (κ1) is 21.8. The average Bonchev–Trinajstić information content (AvgIpc) is 3.52. The Balaban J connectivity index is 1.43. The maximum atomic E-state index is 13.9. The minimum atomic E-state index is -0.311. The lowest BCUT2D eigenvalue weighted by atomic mass is 10.1. The second-order valence-corrected chi connectivity index (χ2v) is 8.28. The molecule has 0 spiro atoms. The molecular weight excluding hydrogens is 455 g/mol. The number of aryl methyl sites for hydroxylation is 1. The summed E-state index contributed by atoms with van der Waals surface area (Å²) >= 11 is 1.41. The Labute approximate surface area is 198 Å². The third-order valence-corrected chi connectivity index (χ3v) is 6.04. The van der Waals surface area contributed by atoms with Crippen LogP contribution in [0.3, 0.4) is 0 Å². The van der Waals surface area contributed by atoms with Crippen LogP contribution >= 0.6 is 11.8 Å². The lowest BCUT2D eigenvalue weighted by molar-refractivity contribution is 0.391. The Bertz CT molecular complexity index is 1420. The second kappa shape index (κ2) is 9.44. The van der Waals surface area contributed by atoms with Crippen LogP contribution in [-0.2, 0) is 5.75 Å². The van der Waals surface area contributed by atoms with E-state index in [0.717, 1.165) is 17.0 Å². The van der Waals surface area contributed by atoms with Gasteiger partial charge in [-0.2, -0.15) is 4.98 Å². The molecule has 5 rings (SSSR count). The van der Waals surface area contributed by atoms with Gasteiger partial charge in [0.25, 0.3) is 0 Å². The molecule has 0 N–H and O–H groups in total.